The summed E-state index contributed by atoms with van der Waals surface area (Å²) >= 11 is 0. The minimum Gasteiger partial charge on any atom is -0.337 e. The third kappa shape index (κ3) is 1.21. The maximum absolute atomic E-state index is 2.31. The van der Waals surface area contributed by atoms with Gasteiger partial charge in [-0.15, -0.1) is 0 Å². The van der Waals surface area contributed by atoms with E-state index in [0.717, 1.165) is 6.67 Å². The molecule has 0 aromatic rings. The van der Waals surface area contributed by atoms with Crippen LogP contribution < -0.4 is 0 Å². The average Bonchev–Trinajstić information content (AvgIpc) is 1.87. The molecule has 1 rings (SSSR count). The highest BCUT2D eigenvalue weighted by atomic mass is 15.3. The van der Waals surface area contributed by atoms with Crippen LogP contribution in [0.2, 0.25) is 0 Å². The predicted molar refractivity (Wildman–Crippen MR) is 35.4 cm³/mol. The Morgan fingerprint density at radius 3 is 1.57 bits per heavy atom. The van der Waals surface area contributed by atoms with Crippen molar-refractivity contribution in [3.05, 3.63) is 0 Å². The van der Waals surface area contributed by atoms with E-state index in [1.165, 1.54) is 13.1 Å². The van der Waals surface area contributed by atoms with E-state index in [2.05, 4.69) is 25.6 Å². The molecular weight excluding hydrogens is 85.7 g/mol. The molecule has 0 bridgehead atoms. The van der Waals surface area contributed by atoms with Gasteiger partial charge in [0.2, 0.25) is 0 Å². The summed E-state index contributed by atoms with van der Waals surface area (Å²) in [4.78, 5) is 4.61. The molecule has 1 fully saturated rings. The van der Waals surface area contributed by atoms with Crippen LogP contribution >= 0.6 is 0 Å². The molecule has 0 spiro atoms. The first-order chi connectivity index (χ1) is 3.29. The molecule has 0 aromatic heterocycles. The second kappa shape index (κ2) is 1.88. The molecule has 4 heteroatoms. The van der Waals surface area contributed by atoms with Crippen LogP contribution in [0.1, 0.15) is 0 Å². The van der Waals surface area contributed by atoms with Gasteiger partial charge < -0.3 is 9.62 Å². The van der Waals surface area contributed by atoms with Gasteiger partial charge in [0, 0.05) is 6.67 Å². The van der Waals surface area contributed by atoms with E-state index in [9.17, 15) is 0 Å². The minimum atomic E-state index is 1.14. The smallest absolute Gasteiger partial charge is 0.187 e. The molecule has 1 aliphatic heterocycles. The van der Waals surface area contributed by atoms with E-state index in [1.807, 2.05) is 0 Å². The van der Waals surface area contributed by atoms with Crippen molar-refractivity contribution in [3.63, 3.8) is 0 Å². The lowest BCUT2D eigenvalue weighted by Gasteiger charge is -2.06. The lowest BCUT2D eigenvalue weighted by Crippen LogP contribution is -2.20. The minimum absolute atomic E-state index is 1.14. The molecule has 1 saturated heterocycles. The number of nitrogens with zero attached hydrogens (tertiary/aromatic N) is 2. The second-order valence-corrected chi connectivity index (χ2v) is 2.30. The Morgan fingerprint density at radius 1 is 1.00 bits per heavy atom. The number of hydrogen-bond acceptors (Lipinski definition) is 2. The van der Waals surface area contributed by atoms with Crippen LogP contribution in [0, 0.1) is 0 Å². The largest absolute Gasteiger partial charge is 0.337 e. The molecule has 0 atom stereocenters. The third-order valence-corrected chi connectivity index (χ3v) is 1.35. The average molecular weight is 95.8 g/mol. The van der Waals surface area contributed by atoms with Gasteiger partial charge >= 0.3 is 0 Å². The van der Waals surface area contributed by atoms with Gasteiger partial charge in [0.1, 0.15) is 0 Å². The first-order valence-corrected chi connectivity index (χ1v) is 2.66. The molecule has 0 aromatic carbocycles. The zero-order valence-corrected chi connectivity index (χ0v) is 5.02. The lowest BCUT2D eigenvalue weighted by molar-refractivity contribution is 0.470. The van der Waals surface area contributed by atoms with Crippen molar-refractivity contribution in [1.29, 1.82) is 0 Å². The summed E-state index contributed by atoms with van der Waals surface area (Å²) in [6, 6.07) is 0. The predicted octanol–water partition coefficient (Wildman–Crippen LogP) is -2.34. The van der Waals surface area contributed by atoms with Crippen molar-refractivity contribution in [1.82, 2.24) is 9.62 Å². The highest BCUT2D eigenvalue weighted by Crippen LogP contribution is 1.93. The van der Waals surface area contributed by atoms with E-state index < -0.39 is 0 Å². The normalized spacial score (nSPS) is 26.3. The van der Waals surface area contributed by atoms with Crippen LogP contribution in [0.15, 0.2) is 0 Å². The Hall–Kier alpha value is 0.0499. The van der Waals surface area contributed by atoms with Gasteiger partial charge in [-0.05, 0) is 13.1 Å². The molecule has 0 unspecified atom stereocenters. The molecule has 0 aliphatic carbocycles. The molecular formula is C3H10B2N2. The van der Waals surface area contributed by atoms with Crippen LogP contribution in [-0.2, 0) is 0 Å². The van der Waals surface area contributed by atoms with Crippen LogP contribution in [-0.4, -0.2) is 45.3 Å². The van der Waals surface area contributed by atoms with Gasteiger partial charge in [-0.3, -0.25) is 0 Å². The van der Waals surface area contributed by atoms with Crippen LogP contribution in [0.3, 0.4) is 0 Å². The zero-order valence-electron chi connectivity index (χ0n) is 5.02. The summed E-state index contributed by atoms with van der Waals surface area (Å²) < 4.78 is 0. The van der Waals surface area contributed by atoms with Crippen molar-refractivity contribution in [3.8, 4) is 0 Å². The van der Waals surface area contributed by atoms with E-state index in [4.69, 9.17) is 0 Å². The van der Waals surface area contributed by atoms with Gasteiger partial charge in [-0.25, -0.2) is 0 Å². The fourth-order valence-corrected chi connectivity index (χ4v) is 0.895. The Morgan fingerprint density at radius 2 is 1.43 bits per heavy atom. The molecule has 1 aliphatic rings. The van der Waals surface area contributed by atoms with Gasteiger partial charge in [-0.1, -0.05) is 0 Å². The molecule has 7 heavy (non-hydrogen) atoms. The van der Waals surface area contributed by atoms with Crippen molar-refractivity contribution >= 4 is 16.0 Å². The van der Waals surface area contributed by atoms with Gasteiger partial charge in [0.05, 0.1) is 0 Å². The summed E-state index contributed by atoms with van der Waals surface area (Å²) in [5.74, 6) is 0. The fraction of sp³-hybridized carbons (Fsp3) is 1.00. The quantitative estimate of drug-likeness (QED) is 0.311. The van der Waals surface area contributed by atoms with Crippen LogP contribution in [0.25, 0.3) is 0 Å². The van der Waals surface area contributed by atoms with Crippen molar-refractivity contribution in [2.24, 2.45) is 0 Å². The molecule has 38 valence electrons. The summed E-state index contributed by atoms with van der Waals surface area (Å²) in [6.45, 7) is 3.60. The Labute approximate surface area is 46.3 Å². The highest BCUT2D eigenvalue weighted by molar-refractivity contribution is 6.07. The first kappa shape index (κ1) is 5.19. The first-order valence-electron chi connectivity index (χ1n) is 2.66. The zero-order chi connectivity index (χ0) is 5.28. The Bertz CT molecular complexity index is 60.0. The summed E-state index contributed by atoms with van der Waals surface area (Å²) in [7, 11) is 4.28. The van der Waals surface area contributed by atoms with Crippen molar-refractivity contribution in [2.75, 3.05) is 19.8 Å². The molecule has 0 N–H and O–H groups in total. The maximum Gasteiger partial charge on any atom is 0.187 e. The van der Waals surface area contributed by atoms with Crippen molar-refractivity contribution in [2.45, 2.75) is 0 Å². The molecule has 2 nitrogen and oxygen atoms in total. The summed E-state index contributed by atoms with van der Waals surface area (Å²) in [5, 5.41) is 0. The van der Waals surface area contributed by atoms with E-state index in [1.54, 1.807) is 0 Å². The van der Waals surface area contributed by atoms with E-state index in [-0.39, 0.29) is 0 Å². The van der Waals surface area contributed by atoms with Gasteiger partial charge in [0.25, 0.3) is 0 Å². The summed E-state index contributed by atoms with van der Waals surface area (Å²) in [5.41, 5.74) is 0. The number of rotatable bonds is 0. The third-order valence-electron chi connectivity index (χ3n) is 1.35. The Kier molecular flexibility index (Phi) is 1.40. The summed E-state index contributed by atoms with van der Waals surface area (Å²) in [6.07, 6.45) is 0. The SMILES string of the molecule is BN1CCN(B)C1. The molecule has 1 heterocycles. The Balaban J connectivity index is 2.26. The monoisotopic (exact) mass is 96.1 g/mol. The van der Waals surface area contributed by atoms with Gasteiger partial charge in [-0.2, -0.15) is 0 Å². The second-order valence-electron chi connectivity index (χ2n) is 2.30. The fourth-order valence-electron chi connectivity index (χ4n) is 0.895. The molecule has 0 amide bonds. The topological polar surface area (TPSA) is 6.48 Å². The highest BCUT2D eigenvalue weighted by Gasteiger charge is 2.09. The van der Waals surface area contributed by atoms with Crippen LogP contribution in [0.4, 0.5) is 0 Å². The lowest BCUT2D eigenvalue weighted by atomic mass is 10.3. The van der Waals surface area contributed by atoms with E-state index >= 15 is 0 Å². The molecule has 0 radical (unpaired) electrons. The standard InChI is InChI=1S/C3H10B2N2/c4-6-1-2-7(5)3-6/h1-5H2. The van der Waals surface area contributed by atoms with Gasteiger partial charge in [0.15, 0.2) is 16.0 Å². The maximum atomic E-state index is 2.31. The number of hydrogen-bond donors (Lipinski definition) is 0. The van der Waals surface area contributed by atoms with E-state index in [0.29, 0.717) is 0 Å². The van der Waals surface area contributed by atoms with Crippen LogP contribution in [0.5, 0.6) is 0 Å². The molecule has 0 saturated carbocycles. The van der Waals surface area contributed by atoms with Crippen molar-refractivity contribution < 1.29 is 0 Å².